The highest BCUT2D eigenvalue weighted by Crippen LogP contribution is 2.32. The first-order chi connectivity index (χ1) is 9.27. The summed E-state index contributed by atoms with van der Waals surface area (Å²) in [4.78, 5) is 14.3. The molecular formula is C14H19NO4. The molecule has 1 aromatic heterocycles. The normalized spacial score (nSPS) is 31.6. The third-order valence-corrected chi connectivity index (χ3v) is 4.22. The Balaban J connectivity index is 1.79. The van der Waals surface area contributed by atoms with Gasteiger partial charge in [-0.15, -0.1) is 0 Å². The van der Waals surface area contributed by atoms with Crippen LogP contribution in [0.1, 0.15) is 29.6 Å². The number of carbonyl (C=O) groups excluding carboxylic acids is 1. The van der Waals surface area contributed by atoms with Crippen molar-refractivity contribution < 1.29 is 19.1 Å². The van der Waals surface area contributed by atoms with Gasteiger partial charge in [0.2, 0.25) is 0 Å². The number of nitrogens with zero attached hydrogens (tertiary/aromatic N) is 1. The lowest BCUT2D eigenvalue weighted by molar-refractivity contribution is -0.0383. The summed E-state index contributed by atoms with van der Waals surface area (Å²) in [6, 6.07) is 1.66. The van der Waals surface area contributed by atoms with Crippen LogP contribution in [0.25, 0.3) is 0 Å². The minimum Gasteiger partial charge on any atom is -0.472 e. The molecule has 1 saturated carbocycles. The quantitative estimate of drug-likeness (QED) is 0.875. The number of rotatable bonds is 2. The van der Waals surface area contributed by atoms with Crippen molar-refractivity contribution in [3.63, 3.8) is 0 Å². The molecule has 1 amide bonds. The van der Waals surface area contributed by atoms with Crippen LogP contribution in [0.5, 0.6) is 0 Å². The maximum atomic E-state index is 12.5. The second kappa shape index (κ2) is 5.35. The average molecular weight is 265 g/mol. The molecule has 0 spiro atoms. The van der Waals surface area contributed by atoms with E-state index in [4.69, 9.17) is 9.15 Å². The van der Waals surface area contributed by atoms with E-state index in [0.29, 0.717) is 25.3 Å². The number of aliphatic hydroxyl groups is 1. The van der Waals surface area contributed by atoms with Gasteiger partial charge in [-0.25, -0.2) is 0 Å². The van der Waals surface area contributed by atoms with Crippen LogP contribution >= 0.6 is 0 Å². The largest absolute Gasteiger partial charge is 0.472 e. The zero-order valence-electron chi connectivity index (χ0n) is 10.8. The van der Waals surface area contributed by atoms with Gasteiger partial charge in [-0.3, -0.25) is 4.79 Å². The van der Waals surface area contributed by atoms with Crippen molar-refractivity contribution in [1.29, 1.82) is 0 Å². The molecule has 1 aliphatic heterocycles. The molecule has 0 aromatic carbocycles. The molecular weight excluding hydrogens is 246 g/mol. The summed E-state index contributed by atoms with van der Waals surface area (Å²) in [5, 5.41) is 10.1. The molecule has 104 valence electrons. The van der Waals surface area contributed by atoms with Crippen LogP contribution in [-0.2, 0) is 4.74 Å². The summed E-state index contributed by atoms with van der Waals surface area (Å²) in [5.41, 5.74) is 0.569. The van der Waals surface area contributed by atoms with Crippen molar-refractivity contribution in [1.82, 2.24) is 4.90 Å². The highest BCUT2D eigenvalue weighted by molar-refractivity contribution is 5.94. The van der Waals surface area contributed by atoms with Crippen LogP contribution in [0.2, 0.25) is 0 Å². The van der Waals surface area contributed by atoms with Crippen LogP contribution in [0.3, 0.4) is 0 Å². The molecule has 5 heteroatoms. The number of hydrogen-bond donors (Lipinski definition) is 1. The smallest absolute Gasteiger partial charge is 0.257 e. The first kappa shape index (κ1) is 12.7. The SMILES string of the molecule is O=C(c1ccoc1)N1CCOCC1C1CCCC1O. The first-order valence-electron chi connectivity index (χ1n) is 6.86. The van der Waals surface area contributed by atoms with E-state index in [1.807, 2.05) is 4.90 Å². The molecule has 19 heavy (non-hydrogen) atoms. The fraction of sp³-hybridized carbons (Fsp3) is 0.643. The molecule has 5 nitrogen and oxygen atoms in total. The van der Waals surface area contributed by atoms with E-state index >= 15 is 0 Å². The Bertz CT molecular complexity index is 431. The number of furan rings is 1. The van der Waals surface area contributed by atoms with Gasteiger partial charge in [0.25, 0.3) is 5.91 Å². The van der Waals surface area contributed by atoms with Crippen molar-refractivity contribution >= 4 is 5.91 Å². The predicted molar refractivity (Wildman–Crippen MR) is 67.7 cm³/mol. The van der Waals surface area contributed by atoms with Crippen molar-refractivity contribution in [2.24, 2.45) is 5.92 Å². The molecule has 3 atom stereocenters. The summed E-state index contributed by atoms with van der Waals surface area (Å²) in [5.74, 6) is 0.109. The highest BCUT2D eigenvalue weighted by atomic mass is 16.5. The van der Waals surface area contributed by atoms with E-state index < -0.39 is 0 Å². The predicted octanol–water partition coefficient (Wildman–Crippen LogP) is 1.28. The Morgan fingerprint density at radius 3 is 3.00 bits per heavy atom. The van der Waals surface area contributed by atoms with Gasteiger partial charge in [-0.1, -0.05) is 6.42 Å². The molecule has 0 radical (unpaired) electrons. The van der Waals surface area contributed by atoms with Crippen molar-refractivity contribution in [3.8, 4) is 0 Å². The summed E-state index contributed by atoms with van der Waals surface area (Å²) in [7, 11) is 0. The number of amides is 1. The lowest BCUT2D eigenvalue weighted by atomic mass is 9.94. The van der Waals surface area contributed by atoms with E-state index in [1.54, 1.807) is 6.07 Å². The Morgan fingerprint density at radius 2 is 2.32 bits per heavy atom. The third-order valence-electron chi connectivity index (χ3n) is 4.22. The van der Waals surface area contributed by atoms with Gasteiger partial charge in [0.05, 0.1) is 37.2 Å². The Hall–Kier alpha value is -1.33. The molecule has 1 aliphatic carbocycles. The molecule has 2 aliphatic rings. The van der Waals surface area contributed by atoms with Crippen LogP contribution < -0.4 is 0 Å². The molecule has 1 aromatic rings. The van der Waals surface area contributed by atoms with E-state index in [0.717, 1.165) is 19.3 Å². The summed E-state index contributed by atoms with van der Waals surface area (Å²) in [6.45, 7) is 1.66. The summed E-state index contributed by atoms with van der Waals surface area (Å²) < 4.78 is 10.5. The molecule has 1 saturated heterocycles. The lowest BCUT2D eigenvalue weighted by Gasteiger charge is -2.39. The van der Waals surface area contributed by atoms with E-state index in [-0.39, 0.29) is 24.0 Å². The van der Waals surface area contributed by atoms with Gasteiger partial charge >= 0.3 is 0 Å². The third kappa shape index (κ3) is 2.40. The highest BCUT2D eigenvalue weighted by Gasteiger charge is 2.39. The fourth-order valence-corrected chi connectivity index (χ4v) is 3.20. The molecule has 1 N–H and O–H groups in total. The standard InChI is InChI=1S/C14H19NO4/c16-13-3-1-2-11(13)12-9-19-7-5-15(12)14(17)10-4-6-18-8-10/h4,6,8,11-13,16H,1-3,5,7,9H2. The molecule has 0 bridgehead atoms. The van der Waals surface area contributed by atoms with Gasteiger partial charge in [0.1, 0.15) is 6.26 Å². The zero-order chi connectivity index (χ0) is 13.2. The summed E-state index contributed by atoms with van der Waals surface area (Å²) >= 11 is 0. The van der Waals surface area contributed by atoms with E-state index in [1.165, 1.54) is 12.5 Å². The number of carbonyl (C=O) groups is 1. The molecule has 3 rings (SSSR count). The van der Waals surface area contributed by atoms with E-state index in [2.05, 4.69) is 0 Å². The Morgan fingerprint density at radius 1 is 1.42 bits per heavy atom. The minimum atomic E-state index is -0.314. The van der Waals surface area contributed by atoms with Gasteiger partial charge < -0.3 is 19.2 Å². The maximum Gasteiger partial charge on any atom is 0.257 e. The molecule has 2 heterocycles. The number of aliphatic hydroxyl groups excluding tert-OH is 1. The topological polar surface area (TPSA) is 62.9 Å². The lowest BCUT2D eigenvalue weighted by Crippen LogP contribution is -2.53. The van der Waals surface area contributed by atoms with Crippen molar-refractivity contribution in [2.45, 2.75) is 31.4 Å². The van der Waals surface area contributed by atoms with Crippen LogP contribution in [0.15, 0.2) is 23.0 Å². The van der Waals surface area contributed by atoms with Crippen molar-refractivity contribution in [2.75, 3.05) is 19.8 Å². The molecule has 3 unspecified atom stereocenters. The monoisotopic (exact) mass is 265 g/mol. The first-order valence-corrected chi connectivity index (χ1v) is 6.86. The van der Waals surface area contributed by atoms with Crippen LogP contribution in [0, 0.1) is 5.92 Å². The number of hydrogen-bond acceptors (Lipinski definition) is 4. The van der Waals surface area contributed by atoms with Crippen LogP contribution in [-0.4, -0.2) is 47.8 Å². The van der Waals surface area contributed by atoms with Gasteiger partial charge in [0.15, 0.2) is 0 Å². The van der Waals surface area contributed by atoms with E-state index in [9.17, 15) is 9.90 Å². The average Bonchev–Trinajstić information content (AvgIpc) is 3.09. The van der Waals surface area contributed by atoms with Crippen LogP contribution in [0.4, 0.5) is 0 Å². The number of morpholine rings is 1. The maximum absolute atomic E-state index is 12.5. The second-order valence-corrected chi connectivity index (χ2v) is 5.31. The van der Waals surface area contributed by atoms with Gasteiger partial charge in [0, 0.05) is 12.5 Å². The minimum absolute atomic E-state index is 0.0198. The Labute approximate surface area is 112 Å². The van der Waals surface area contributed by atoms with Gasteiger partial charge in [-0.05, 0) is 18.9 Å². The summed E-state index contributed by atoms with van der Waals surface area (Å²) in [6.07, 6.45) is 5.48. The fourth-order valence-electron chi connectivity index (χ4n) is 3.20. The van der Waals surface area contributed by atoms with Gasteiger partial charge in [-0.2, -0.15) is 0 Å². The number of ether oxygens (including phenoxy) is 1. The molecule has 2 fully saturated rings. The second-order valence-electron chi connectivity index (χ2n) is 5.31. The van der Waals surface area contributed by atoms with Crippen molar-refractivity contribution in [3.05, 3.63) is 24.2 Å². The zero-order valence-corrected chi connectivity index (χ0v) is 10.8. The Kier molecular flexibility index (Phi) is 3.57.